The van der Waals surface area contributed by atoms with E-state index in [1.54, 1.807) is 0 Å². The first-order chi connectivity index (χ1) is 9.06. The summed E-state index contributed by atoms with van der Waals surface area (Å²) in [5.41, 5.74) is 1.32. The van der Waals surface area contributed by atoms with Gasteiger partial charge in [-0.05, 0) is 43.4 Å². The lowest BCUT2D eigenvalue weighted by Crippen LogP contribution is -2.30. The Hall–Kier alpha value is -1.02. The molecular formula is C17H29NO. The molecule has 0 saturated carbocycles. The van der Waals surface area contributed by atoms with Gasteiger partial charge in [0.15, 0.2) is 0 Å². The highest BCUT2D eigenvalue weighted by Gasteiger charge is 2.10. The van der Waals surface area contributed by atoms with Gasteiger partial charge in [0.05, 0.1) is 6.61 Å². The van der Waals surface area contributed by atoms with Crippen molar-refractivity contribution < 1.29 is 4.74 Å². The van der Waals surface area contributed by atoms with Crippen LogP contribution in [0.15, 0.2) is 24.3 Å². The summed E-state index contributed by atoms with van der Waals surface area (Å²) < 4.78 is 5.71. The van der Waals surface area contributed by atoms with E-state index in [2.05, 4.69) is 64.2 Å². The molecule has 0 amide bonds. The minimum atomic E-state index is 0.393. The van der Waals surface area contributed by atoms with E-state index in [0.29, 0.717) is 18.0 Å². The molecule has 0 aliphatic heterocycles. The van der Waals surface area contributed by atoms with Crippen LogP contribution in [-0.2, 0) is 0 Å². The first kappa shape index (κ1) is 16.0. The zero-order valence-electron chi connectivity index (χ0n) is 13.1. The molecule has 2 heteroatoms. The Labute approximate surface area is 118 Å². The average Bonchev–Trinajstić information content (AvgIpc) is 2.42. The van der Waals surface area contributed by atoms with Crippen LogP contribution < -0.4 is 10.1 Å². The van der Waals surface area contributed by atoms with Crippen LogP contribution >= 0.6 is 0 Å². The maximum Gasteiger partial charge on any atom is 0.119 e. The van der Waals surface area contributed by atoms with Crippen LogP contribution in [0.2, 0.25) is 0 Å². The maximum atomic E-state index is 5.71. The van der Waals surface area contributed by atoms with E-state index in [9.17, 15) is 0 Å². The van der Waals surface area contributed by atoms with Crippen LogP contribution in [-0.4, -0.2) is 12.6 Å². The molecule has 0 saturated heterocycles. The fraction of sp³-hybridized carbons (Fsp3) is 0.647. The van der Waals surface area contributed by atoms with E-state index in [1.165, 1.54) is 18.4 Å². The molecule has 108 valence electrons. The van der Waals surface area contributed by atoms with Gasteiger partial charge in [-0.25, -0.2) is 0 Å². The van der Waals surface area contributed by atoms with Crippen molar-refractivity contribution in [3.63, 3.8) is 0 Å². The van der Waals surface area contributed by atoms with E-state index in [1.807, 2.05) is 0 Å². The van der Waals surface area contributed by atoms with E-state index in [-0.39, 0.29) is 0 Å². The van der Waals surface area contributed by atoms with Crippen molar-refractivity contribution >= 4 is 0 Å². The lowest BCUT2D eigenvalue weighted by atomic mass is 10.1. The molecule has 0 spiro atoms. The summed E-state index contributed by atoms with van der Waals surface area (Å²) in [5, 5.41) is 3.66. The normalized spacial score (nSPS) is 13.0. The van der Waals surface area contributed by atoms with E-state index in [4.69, 9.17) is 4.74 Å². The largest absolute Gasteiger partial charge is 0.493 e. The third-order valence-electron chi connectivity index (χ3n) is 3.43. The van der Waals surface area contributed by atoms with Crippen molar-refractivity contribution in [2.45, 2.75) is 59.5 Å². The second-order valence-electron chi connectivity index (χ2n) is 5.68. The van der Waals surface area contributed by atoms with Gasteiger partial charge in [0.1, 0.15) is 5.75 Å². The van der Waals surface area contributed by atoms with Crippen molar-refractivity contribution in [1.29, 1.82) is 0 Å². The van der Waals surface area contributed by atoms with Gasteiger partial charge in [0, 0.05) is 12.1 Å². The van der Waals surface area contributed by atoms with Gasteiger partial charge >= 0.3 is 0 Å². The first-order valence-electron chi connectivity index (χ1n) is 7.55. The summed E-state index contributed by atoms with van der Waals surface area (Å²) >= 11 is 0. The van der Waals surface area contributed by atoms with Gasteiger partial charge in [-0.1, -0.05) is 39.8 Å². The molecule has 0 aromatic heterocycles. The van der Waals surface area contributed by atoms with Gasteiger partial charge in [-0.2, -0.15) is 0 Å². The van der Waals surface area contributed by atoms with Crippen LogP contribution in [0.25, 0.3) is 0 Å². The predicted molar refractivity (Wildman–Crippen MR) is 82.7 cm³/mol. The molecule has 2 nitrogen and oxygen atoms in total. The fourth-order valence-electron chi connectivity index (χ4n) is 2.09. The number of ether oxygens (including phenoxy) is 1. The zero-order chi connectivity index (χ0) is 14.3. The summed E-state index contributed by atoms with van der Waals surface area (Å²) in [5.74, 6) is 1.53. The van der Waals surface area contributed by atoms with E-state index < -0.39 is 0 Å². The highest BCUT2D eigenvalue weighted by Crippen LogP contribution is 2.19. The number of hydrogen-bond donors (Lipinski definition) is 1. The molecule has 1 rings (SSSR count). The van der Waals surface area contributed by atoms with Gasteiger partial charge in [0.2, 0.25) is 0 Å². The van der Waals surface area contributed by atoms with Crippen molar-refractivity contribution in [1.82, 2.24) is 5.32 Å². The molecule has 0 aliphatic rings. The molecule has 1 unspecified atom stereocenters. The smallest absolute Gasteiger partial charge is 0.119 e. The Morgan fingerprint density at radius 2 is 1.58 bits per heavy atom. The summed E-state index contributed by atoms with van der Waals surface area (Å²) in [6, 6.07) is 9.47. The molecule has 1 aromatic rings. The average molecular weight is 263 g/mol. The zero-order valence-corrected chi connectivity index (χ0v) is 13.1. The number of rotatable bonds is 8. The maximum absolute atomic E-state index is 5.71. The standard InChI is InChI=1S/C17H29NO/c1-6-16(7-2)18-14(5)15-8-10-17(11-9-15)19-12-13(3)4/h8-11,13-14,16,18H,6-7,12H2,1-5H3. The minimum Gasteiger partial charge on any atom is -0.493 e. The lowest BCUT2D eigenvalue weighted by molar-refractivity contribution is 0.271. The Bertz CT molecular complexity index is 341. The Kier molecular flexibility index (Phi) is 6.93. The molecule has 0 radical (unpaired) electrons. The lowest BCUT2D eigenvalue weighted by Gasteiger charge is -2.21. The number of hydrogen-bond acceptors (Lipinski definition) is 2. The van der Waals surface area contributed by atoms with Crippen molar-refractivity contribution in [3.05, 3.63) is 29.8 Å². The molecular weight excluding hydrogens is 234 g/mol. The molecule has 1 aromatic carbocycles. The molecule has 0 aliphatic carbocycles. The summed E-state index contributed by atoms with van der Waals surface area (Å²) in [4.78, 5) is 0. The van der Waals surface area contributed by atoms with Crippen LogP contribution in [0.4, 0.5) is 0 Å². The predicted octanol–water partition coefficient (Wildman–Crippen LogP) is 4.56. The van der Waals surface area contributed by atoms with Crippen LogP contribution in [0.5, 0.6) is 5.75 Å². The van der Waals surface area contributed by atoms with Crippen LogP contribution in [0.3, 0.4) is 0 Å². The summed E-state index contributed by atoms with van der Waals surface area (Å²) in [6.45, 7) is 11.8. The highest BCUT2D eigenvalue weighted by atomic mass is 16.5. The SMILES string of the molecule is CCC(CC)NC(C)c1ccc(OCC(C)C)cc1. The molecule has 0 heterocycles. The van der Waals surface area contributed by atoms with Crippen LogP contribution in [0, 0.1) is 5.92 Å². The second kappa shape index (κ2) is 8.21. The van der Waals surface area contributed by atoms with Gasteiger partial charge < -0.3 is 10.1 Å². The molecule has 19 heavy (non-hydrogen) atoms. The Morgan fingerprint density at radius 1 is 1.00 bits per heavy atom. The van der Waals surface area contributed by atoms with Crippen LogP contribution in [0.1, 0.15) is 59.1 Å². The van der Waals surface area contributed by atoms with Crippen molar-refractivity contribution in [2.75, 3.05) is 6.61 Å². The Morgan fingerprint density at radius 3 is 2.05 bits per heavy atom. The quantitative estimate of drug-likeness (QED) is 0.742. The van der Waals surface area contributed by atoms with Crippen molar-refractivity contribution in [2.24, 2.45) is 5.92 Å². The monoisotopic (exact) mass is 263 g/mol. The molecule has 1 atom stereocenters. The summed E-state index contributed by atoms with van der Waals surface area (Å²) in [6.07, 6.45) is 2.35. The second-order valence-corrected chi connectivity index (χ2v) is 5.68. The third kappa shape index (κ3) is 5.65. The molecule has 0 fully saturated rings. The number of benzene rings is 1. The third-order valence-corrected chi connectivity index (χ3v) is 3.43. The minimum absolute atomic E-state index is 0.393. The van der Waals surface area contributed by atoms with E-state index in [0.717, 1.165) is 12.4 Å². The number of nitrogens with one attached hydrogen (secondary N) is 1. The van der Waals surface area contributed by atoms with Gasteiger partial charge in [0.25, 0.3) is 0 Å². The topological polar surface area (TPSA) is 21.3 Å². The first-order valence-corrected chi connectivity index (χ1v) is 7.55. The fourth-order valence-corrected chi connectivity index (χ4v) is 2.09. The van der Waals surface area contributed by atoms with E-state index >= 15 is 0 Å². The Balaban J connectivity index is 2.55. The summed E-state index contributed by atoms with van der Waals surface area (Å²) in [7, 11) is 0. The van der Waals surface area contributed by atoms with Gasteiger partial charge in [-0.3, -0.25) is 0 Å². The highest BCUT2D eigenvalue weighted by molar-refractivity contribution is 5.29. The van der Waals surface area contributed by atoms with Gasteiger partial charge in [-0.15, -0.1) is 0 Å². The molecule has 0 bridgehead atoms. The van der Waals surface area contributed by atoms with Crippen molar-refractivity contribution in [3.8, 4) is 5.75 Å². The molecule has 1 N–H and O–H groups in total.